The SMILES string of the molecule is CCCCn1cc(C2CCN(CCOc3cc(OC)ccc3C(=O)O)CC2)c2ccncc21. The van der Waals surface area contributed by atoms with Gasteiger partial charge in [-0.15, -0.1) is 0 Å². The van der Waals surface area contributed by atoms with E-state index < -0.39 is 5.97 Å². The molecule has 1 aliphatic heterocycles. The number of methoxy groups -OCH3 is 1. The zero-order valence-electron chi connectivity index (χ0n) is 19.5. The fourth-order valence-corrected chi connectivity index (χ4v) is 4.68. The van der Waals surface area contributed by atoms with Gasteiger partial charge in [0.05, 0.1) is 18.8 Å². The number of aromatic nitrogens is 2. The number of hydrogen-bond acceptors (Lipinski definition) is 5. The van der Waals surface area contributed by atoms with E-state index in [1.54, 1.807) is 19.2 Å². The minimum absolute atomic E-state index is 0.156. The molecule has 7 heteroatoms. The lowest BCUT2D eigenvalue weighted by Crippen LogP contribution is -2.35. The standard InChI is InChI=1S/C26H33N3O4/c1-3-4-11-29-18-23(21-7-10-27-17-24(21)29)19-8-12-28(13-9-19)14-15-33-25-16-20(32-2)5-6-22(25)26(30)31/h5-7,10,16-19H,3-4,8-9,11-15H2,1-2H3,(H,30,31). The molecule has 7 nitrogen and oxygen atoms in total. The van der Waals surface area contributed by atoms with Crippen molar-refractivity contribution in [2.45, 2.75) is 45.1 Å². The Morgan fingerprint density at radius 2 is 2.03 bits per heavy atom. The van der Waals surface area contributed by atoms with E-state index in [-0.39, 0.29) is 5.56 Å². The predicted molar refractivity (Wildman–Crippen MR) is 129 cm³/mol. The van der Waals surface area contributed by atoms with Crippen LogP contribution in [-0.2, 0) is 6.54 Å². The number of unbranched alkanes of at least 4 members (excludes halogenated alkanes) is 1. The van der Waals surface area contributed by atoms with Gasteiger partial charge in [0.15, 0.2) is 0 Å². The Morgan fingerprint density at radius 3 is 2.76 bits per heavy atom. The zero-order chi connectivity index (χ0) is 23.2. The first-order chi connectivity index (χ1) is 16.1. The molecular weight excluding hydrogens is 418 g/mol. The van der Waals surface area contributed by atoms with Crippen molar-refractivity contribution < 1.29 is 19.4 Å². The van der Waals surface area contributed by atoms with Gasteiger partial charge >= 0.3 is 5.97 Å². The quantitative estimate of drug-likeness (QED) is 0.477. The molecule has 1 saturated heterocycles. The number of nitrogens with zero attached hydrogens (tertiary/aromatic N) is 3. The summed E-state index contributed by atoms with van der Waals surface area (Å²) >= 11 is 0. The molecule has 0 spiro atoms. The summed E-state index contributed by atoms with van der Waals surface area (Å²) in [4.78, 5) is 18.2. The molecule has 1 aromatic carbocycles. The Hall–Kier alpha value is -3.06. The molecular formula is C26H33N3O4. The second kappa shape index (κ2) is 10.7. The number of fused-ring (bicyclic) bond motifs is 1. The van der Waals surface area contributed by atoms with Gasteiger partial charge in [0.2, 0.25) is 0 Å². The molecule has 0 radical (unpaired) electrons. The molecule has 2 aromatic heterocycles. The van der Waals surface area contributed by atoms with Crippen LogP contribution in [0.1, 0.15) is 54.4 Å². The van der Waals surface area contributed by atoms with E-state index in [2.05, 4.69) is 33.6 Å². The molecule has 4 rings (SSSR count). The van der Waals surface area contributed by atoms with E-state index in [1.165, 1.54) is 35.4 Å². The van der Waals surface area contributed by atoms with E-state index in [0.29, 0.717) is 24.0 Å². The van der Waals surface area contributed by atoms with Crippen LogP contribution in [0.15, 0.2) is 42.9 Å². The highest BCUT2D eigenvalue weighted by atomic mass is 16.5. The van der Waals surface area contributed by atoms with Gasteiger partial charge in [0, 0.05) is 36.9 Å². The Labute approximate surface area is 194 Å². The van der Waals surface area contributed by atoms with Gasteiger partial charge in [-0.2, -0.15) is 0 Å². The lowest BCUT2D eigenvalue weighted by Gasteiger charge is -2.31. The lowest BCUT2D eigenvalue weighted by atomic mass is 9.89. The Morgan fingerprint density at radius 1 is 1.21 bits per heavy atom. The van der Waals surface area contributed by atoms with Gasteiger partial charge in [-0.3, -0.25) is 9.88 Å². The van der Waals surface area contributed by atoms with Crippen LogP contribution in [0.4, 0.5) is 0 Å². The topological polar surface area (TPSA) is 76.8 Å². The molecule has 0 amide bonds. The Balaban J connectivity index is 1.34. The average Bonchev–Trinajstić information content (AvgIpc) is 3.21. The molecule has 3 heterocycles. The first-order valence-corrected chi connectivity index (χ1v) is 11.8. The molecule has 0 aliphatic carbocycles. The van der Waals surface area contributed by atoms with Gasteiger partial charge in [0.1, 0.15) is 23.7 Å². The number of carbonyl (C=O) groups is 1. The molecule has 33 heavy (non-hydrogen) atoms. The van der Waals surface area contributed by atoms with Crippen LogP contribution in [0.5, 0.6) is 11.5 Å². The summed E-state index contributed by atoms with van der Waals surface area (Å²) < 4.78 is 13.4. The maximum absolute atomic E-state index is 11.5. The van der Waals surface area contributed by atoms with Crippen molar-refractivity contribution in [3.8, 4) is 11.5 Å². The Kier molecular flexibility index (Phi) is 7.50. The minimum atomic E-state index is -0.998. The van der Waals surface area contributed by atoms with Crippen molar-refractivity contribution >= 4 is 16.9 Å². The monoisotopic (exact) mass is 451 g/mol. The second-order valence-electron chi connectivity index (χ2n) is 8.66. The summed E-state index contributed by atoms with van der Waals surface area (Å²) in [6.45, 7) is 6.49. The van der Waals surface area contributed by atoms with Crippen molar-refractivity contribution in [3.05, 3.63) is 54.0 Å². The number of pyridine rings is 1. The van der Waals surface area contributed by atoms with Gasteiger partial charge in [0.25, 0.3) is 0 Å². The number of aryl methyl sites for hydroxylation is 1. The molecule has 3 aromatic rings. The van der Waals surface area contributed by atoms with Gasteiger partial charge in [-0.25, -0.2) is 4.79 Å². The molecule has 1 aliphatic rings. The van der Waals surface area contributed by atoms with E-state index in [4.69, 9.17) is 9.47 Å². The van der Waals surface area contributed by atoms with E-state index in [1.807, 2.05) is 12.4 Å². The van der Waals surface area contributed by atoms with Crippen molar-refractivity contribution in [1.29, 1.82) is 0 Å². The fourth-order valence-electron chi connectivity index (χ4n) is 4.68. The predicted octanol–water partition coefficient (Wildman–Crippen LogP) is 4.80. The number of carboxylic acid groups (broad SMARTS) is 1. The summed E-state index contributed by atoms with van der Waals surface area (Å²) in [5.74, 6) is 0.489. The largest absolute Gasteiger partial charge is 0.497 e. The summed E-state index contributed by atoms with van der Waals surface area (Å²) in [5, 5.41) is 10.7. The number of hydrogen-bond donors (Lipinski definition) is 1. The smallest absolute Gasteiger partial charge is 0.339 e. The number of benzene rings is 1. The highest BCUT2D eigenvalue weighted by Gasteiger charge is 2.24. The lowest BCUT2D eigenvalue weighted by molar-refractivity contribution is 0.0691. The first-order valence-electron chi connectivity index (χ1n) is 11.8. The number of rotatable bonds is 10. The number of ether oxygens (including phenoxy) is 2. The third-order valence-electron chi connectivity index (χ3n) is 6.58. The molecule has 176 valence electrons. The summed E-state index contributed by atoms with van der Waals surface area (Å²) in [6, 6.07) is 6.95. The molecule has 0 saturated carbocycles. The number of aromatic carboxylic acids is 1. The molecule has 0 unspecified atom stereocenters. The van der Waals surface area contributed by atoms with Crippen molar-refractivity contribution in [2.24, 2.45) is 0 Å². The van der Waals surface area contributed by atoms with Crippen LogP contribution < -0.4 is 9.47 Å². The summed E-state index contributed by atoms with van der Waals surface area (Å²) in [6.07, 6.45) is 10.8. The maximum atomic E-state index is 11.5. The average molecular weight is 452 g/mol. The summed E-state index contributed by atoms with van der Waals surface area (Å²) in [7, 11) is 1.56. The molecule has 1 N–H and O–H groups in total. The fraction of sp³-hybridized carbons (Fsp3) is 0.462. The van der Waals surface area contributed by atoms with Crippen molar-refractivity contribution in [2.75, 3.05) is 33.4 Å². The van der Waals surface area contributed by atoms with Crippen LogP contribution >= 0.6 is 0 Å². The molecule has 0 bridgehead atoms. The van der Waals surface area contributed by atoms with Gasteiger partial charge in [-0.1, -0.05) is 13.3 Å². The van der Waals surface area contributed by atoms with Crippen LogP contribution in [0.3, 0.4) is 0 Å². The van der Waals surface area contributed by atoms with Crippen molar-refractivity contribution in [1.82, 2.24) is 14.5 Å². The zero-order valence-corrected chi connectivity index (χ0v) is 19.5. The van der Waals surface area contributed by atoms with Crippen LogP contribution in [0.2, 0.25) is 0 Å². The van der Waals surface area contributed by atoms with Crippen LogP contribution in [-0.4, -0.2) is 58.9 Å². The van der Waals surface area contributed by atoms with E-state index in [9.17, 15) is 9.90 Å². The normalized spacial score (nSPS) is 15.1. The van der Waals surface area contributed by atoms with Crippen LogP contribution in [0.25, 0.3) is 10.9 Å². The minimum Gasteiger partial charge on any atom is -0.497 e. The first kappa shape index (κ1) is 23.1. The van der Waals surface area contributed by atoms with E-state index in [0.717, 1.165) is 39.0 Å². The Bertz CT molecular complexity index is 1090. The third-order valence-corrected chi connectivity index (χ3v) is 6.58. The van der Waals surface area contributed by atoms with E-state index >= 15 is 0 Å². The van der Waals surface area contributed by atoms with Crippen LogP contribution in [0, 0.1) is 0 Å². The maximum Gasteiger partial charge on any atom is 0.339 e. The second-order valence-corrected chi connectivity index (χ2v) is 8.66. The third kappa shape index (κ3) is 5.30. The highest BCUT2D eigenvalue weighted by Crippen LogP contribution is 2.34. The summed E-state index contributed by atoms with van der Waals surface area (Å²) in [5.41, 5.74) is 2.84. The number of likely N-dealkylation sites (tertiary alicyclic amines) is 1. The van der Waals surface area contributed by atoms with Crippen molar-refractivity contribution in [3.63, 3.8) is 0 Å². The highest BCUT2D eigenvalue weighted by molar-refractivity contribution is 5.91. The number of carboxylic acids is 1. The molecule has 0 atom stereocenters. The number of piperidine rings is 1. The molecule has 1 fully saturated rings. The van der Waals surface area contributed by atoms with Gasteiger partial charge in [-0.05, 0) is 62.0 Å². The van der Waals surface area contributed by atoms with Gasteiger partial charge < -0.3 is 19.1 Å².